The molecule has 2 aliphatic carbocycles. The van der Waals surface area contributed by atoms with Crippen molar-refractivity contribution in [1.29, 1.82) is 0 Å². The highest BCUT2D eigenvalue weighted by Crippen LogP contribution is 2.43. The Hall–Kier alpha value is -0.920. The maximum absolute atomic E-state index is 14.0. The van der Waals surface area contributed by atoms with Crippen LogP contribution in [0.5, 0.6) is 0 Å². The van der Waals surface area contributed by atoms with Gasteiger partial charge in [-0.2, -0.15) is 0 Å². The Morgan fingerprint density at radius 2 is 1.60 bits per heavy atom. The molecule has 0 amide bonds. The fourth-order valence-corrected chi connectivity index (χ4v) is 4.67. The minimum atomic E-state index is -1.63. The first kappa shape index (κ1) is 14.2. The summed E-state index contributed by atoms with van der Waals surface area (Å²) in [6.45, 7) is 2.21. The molecule has 0 N–H and O–H groups in total. The molecule has 0 radical (unpaired) electrons. The zero-order valence-corrected chi connectivity index (χ0v) is 15.4. The van der Waals surface area contributed by atoms with Crippen LogP contribution in [0.25, 0.3) is 0 Å². The van der Waals surface area contributed by atoms with Crippen molar-refractivity contribution in [2.75, 3.05) is 0 Å². The predicted molar refractivity (Wildman–Crippen MR) is 100 cm³/mol. The van der Waals surface area contributed by atoms with E-state index in [4.69, 9.17) is 5.48 Å². The molecule has 0 aromatic heterocycles. The Kier molecular flexibility index (Phi) is 5.18. The average molecular weight is 353 g/mol. The van der Waals surface area contributed by atoms with Crippen molar-refractivity contribution < 1.29 is 14.3 Å². The molecule has 2 aliphatic rings. The van der Waals surface area contributed by atoms with Crippen LogP contribution in [0.15, 0.2) is 18.2 Å². The molecule has 0 aliphatic heterocycles. The fraction of sp³-hybridized carbons (Fsp3) is 0.739. The molecule has 0 unspecified atom stereocenters. The second-order valence-corrected chi connectivity index (χ2v) is 7.95. The van der Waals surface area contributed by atoms with E-state index in [1.165, 1.54) is 37.8 Å². The fourth-order valence-electron chi connectivity index (χ4n) is 4.67. The Morgan fingerprint density at radius 1 is 0.920 bits per heavy atom. The molecule has 1 aromatic rings. The van der Waals surface area contributed by atoms with E-state index < -0.39 is 30.3 Å². The molecule has 25 heavy (non-hydrogen) atoms. The van der Waals surface area contributed by atoms with Crippen LogP contribution in [0.3, 0.4) is 0 Å². The number of rotatable bonds is 6. The summed E-state index contributed by atoms with van der Waals surface area (Å²) < 4.78 is 61.9. The minimum Gasteiger partial charge on any atom is -0.204 e. The smallest absolute Gasteiger partial charge is 0.162 e. The average Bonchev–Trinajstić information content (AvgIpc) is 2.64. The molecule has 2 fully saturated rings. The van der Waals surface area contributed by atoms with Gasteiger partial charge in [-0.25, -0.2) is 8.78 Å². The van der Waals surface area contributed by atoms with Crippen LogP contribution in [0, 0.1) is 35.3 Å². The number of hydrogen-bond acceptors (Lipinski definition) is 0. The van der Waals surface area contributed by atoms with Crippen LogP contribution < -0.4 is 0 Å². The van der Waals surface area contributed by atoms with E-state index in [0.29, 0.717) is 18.8 Å². The van der Waals surface area contributed by atoms with E-state index in [9.17, 15) is 8.78 Å². The van der Waals surface area contributed by atoms with Crippen LogP contribution >= 0.6 is 0 Å². The van der Waals surface area contributed by atoms with Crippen molar-refractivity contribution in [3.63, 3.8) is 0 Å². The van der Waals surface area contributed by atoms with E-state index in [-0.39, 0.29) is 24.3 Å². The van der Waals surface area contributed by atoms with Crippen LogP contribution in [-0.4, -0.2) is 0 Å². The summed E-state index contributed by atoms with van der Waals surface area (Å²) in [4.78, 5) is 0. The van der Waals surface area contributed by atoms with Gasteiger partial charge >= 0.3 is 0 Å². The monoisotopic (exact) mass is 352 g/mol. The van der Waals surface area contributed by atoms with Crippen molar-refractivity contribution in [2.24, 2.45) is 23.7 Å². The molecule has 0 spiro atoms. The molecule has 2 heteroatoms. The van der Waals surface area contributed by atoms with Crippen LogP contribution in [0.4, 0.5) is 8.78 Å². The second kappa shape index (κ2) is 9.14. The molecule has 2 saturated carbocycles. The van der Waals surface area contributed by atoms with Crippen LogP contribution in [0.2, 0.25) is 0 Å². The quantitative estimate of drug-likeness (QED) is 0.503. The molecule has 1 aromatic carbocycles. The Morgan fingerprint density at radius 3 is 2.28 bits per heavy atom. The summed E-state index contributed by atoms with van der Waals surface area (Å²) in [5, 5.41) is 0. The molecular weight excluding hydrogens is 314 g/mol. The summed E-state index contributed by atoms with van der Waals surface area (Å²) >= 11 is 0. The maximum Gasteiger partial charge on any atom is 0.162 e. The van der Waals surface area contributed by atoms with Crippen LogP contribution in [-0.2, 0) is 6.42 Å². The first-order valence-electron chi connectivity index (χ1n) is 12.1. The van der Waals surface area contributed by atoms with E-state index in [0.717, 1.165) is 24.8 Å². The molecular formula is C23H34F2. The van der Waals surface area contributed by atoms with E-state index in [2.05, 4.69) is 6.92 Å². The van der Waals surface area contributed by atoms with Crippen molar-refractivity contribution in [3.05, 3.63) is 35.4 Å². The van der Waals surface area contributed by atoms with Gasteiger partial charge in [0, 0.05) is 5.48 Å². The molecule has 0 saturated heterocycles. The summed E-state index contributed by atoms with van der Waals surface area (Å²) in [5.74, 6) is -1.34. The zero-order valence-electron chi connectivity index (χ0n) is 19.4. The first-order chi connectivity index (χ1) is 13.6. The zero-order chi connectivity index (χ0) is 21.2. The van der Waals surface area contributed by atoms with Gasteiger partial charge in [0.05, 0.1) is 0 Å². The highest BCUT2D eigenvalue weighted by molar-refractivity contribution is 5.19. The summed E-state index contributed by atoms with van der Waals surface area (Å²) in [5.41, 5.74) is 0.202. The predicted octanol–water partition coefficient (Wildman–Crippen LogP) is 7.31. The normalized spacial score (nSPS) is 36.8. The molecule has 3 rings (SSSR count). The van der Waals surface area contributed by atoms with Crippen molar-refractivity contribution in [2.45, 2.75) is 83.9 Å². The number of aryl methyl sites for hydroxylation is 1. The Bertz CT molecular complexity index is 665. The topological polar surface area (TPSA) is 0 Å². The van der Waals surface area contributed by atoms with Gasteiger partial charge in [-0.3, -0.25) is 0 Å². The highest BCUT2D eigenvalue weighted by Gasteiger charge is 2.30. The van der Waals surface area contributed by atoms with Gasteiger partial charge in [-0.1, -0.05) is 57.5 Å². The summed E-state index contributed by atoms with van der Waals surface area (Å²) in [6.07, 6.45) is 4.85. The van der Waals surface area contributed by atoms with E-state index in [1.807, 2.05) is 0 Å². The summed E-state index contributed by atoms with van der Waals surface area (Å²) in [6, 6.07) is 4.02. The standard InChI is InChI=1S/C23H34F2/c1-2-4-17-7-12-19(13-8-17)20-14-9-18(10-15-20)11-16-21-5-3-6-22(24)23(21)25/h3,5-6,17-20H,2,4,7-16H2,1H3/i9D2,10D2. The van der Waals surface area contributed by atoms with Crippen molar-refractivity contribution in [3.8, 4) is 0 Å². The van der Waals surface area contributed by atoms with Crippen molar-refractivity contribution >= 4 is 0 Å². The lowest BCUT2D eigenvalue weighted by molar-refractivity contribution is 0.141. The Balaban J connectivity index is 1.65. The second-order valence-electron chi connectivity index (χ2n) is 7.95. The van der Waals surface area contributed by atoms with E-state index in [1.54, 1.807) is 0 Å². The number of hydrogen-bond donors (Lipinski definition) is 0. The third-order valence-electron chi connectivity index (χ3n) is 6.24. The summed E-state index contributed by atoms with van der Waals surface area (Å²) in [7, 11) is 0. The maximum atomic E-state index is 14.0. The van der Waals surface area contributed by atoms with Gasteiger partial charge in [0.25, 0.3) is 0 Å². The van der Waals surface area contributed by atoms with Crippen molar-refractivity contribution in [1.82, 2.24) is 0 Å². The van der Waals surface area contributed by atoms with Gasteiger partial charge < -0.3 is 0 Å². The van der Waals surface area contributed by atoms with Gasteiger partial charge in [0.2, 0.25) is 0 Å². The number of halogens is 2. The minimum absolute atomic E-state index is 0.0738. The van der Waals surface area contributed by atoms with Gasteiger partial charge in [-0.05, 0) is 73.8 Å². The van der Waals surface area contributed by atoms with Gasteiger partial charge in [-0.15, -0.1) is 0 Å². The van der Waals surface area contributed by atoms with E-state index >= 15 is 0 Å². The van der Waals surface area contributed by atoms with Gasteiger partial charge in [0.15, 0.2) is 11.6 Å². The lowest BCUT2D eigenvalue weighted by Crippen LogP contribution is -2.26. The largest absolute Gasteiger partial charge is 0.204 e. The Labute approximate surface area is 158 Å². The number of benzene rings is 1. The highest BCUT2D eigenvalue weighted by atomic mass is 19.2. The molecule has 140 valence electrons. The van der Waals surface area contributed by atoms with Gasteiger partial charge in [0.1, 0.15) is 0 Å². The third kappa shape index (κ3) is 5.05. The molecule has 0 atom stereocenters. The molecule has 0 bridgehead atoms. The lowest BCUT2D eigenvalue weighted by Gasteiger charge is -2.38. The first-order valence-corrected chi connectivity index (χ1v) is 10.1. The lowest BCUT2D eigenvalue weighted by atomic mass is 9.68. The molecule has 0 heterocycles. The molecule has 0 nitrogen and oxygen atoms in total. The SMILES string of the molecule is [2H]C1([2H])CC(C2CCC(CCC)CC2)CC([2H])([2H])C1CCc1cccc(F)c1F. The van der Waals surface area contributed by atoms with Crippen LogP contribution in [0.1, 0.15) is 88.5 Å². The third-order valence-corrected chi connectivity index (χ3v) is 6.24.